The molecule has 0 radical (unpaired) electrons. The van der Waals surface area contributed by atoms with Crippen LogP contribution in [-0.2, 0) is 0 Å². The number of anilines is 1. The molecule has 0 aliphatic heterocycles. The van der Waals surface area contributed by atoms with Gasteiger partial charge >= 0.3 is 5.97 Å². The Hall–Kier alpha value is -1.03. The van der Waals surface area contributed by atoms with Crippen molar-refractivity contribution in [3.8, 4) is 0 Å². The van der Waals surface area contributed by atoms with Crippen molar-refractivity contribution < 1.29 is 9.90 Å². The fourth-order valence-corrected chi connectivity index (χ4v) is 3.58. The van der Waals surface area contributed by atoms with Crippen molar-refractivity contribution in [1.29, 1.82) is 0 Å². The summed E-state index contributed by atoms with van der Waals surface area (Å²) in [7, 11) is 2.11. The highest BCUT2D eigenvalue weighted by Gasteiger charge is 2.23. The Bertz CT molecular complexity index is 481. The number of carbonyl (C=O) groups is 1. The fourth-order valence-electron chi connectivity index (χ4n) is 3.05. The van der Waals surface area contributed by atoms with Crippen LogP contribution in [0, 0.1) is 5.92 Å². The monoisotopic (exact) mass is 339 g/mol. The van der Waals surface area contributed by atoms with E-state index >= 15 is 0 Å². The first kappa shape index (κ1) is 15.4. The van der Waals surface area contributed by atoms with Gasteiger partial charge in [-0.15, -0.1) is 0 Å². The van der Waals surface area contributed by atoms with Crippen molar-refractivity contribution in [2.75, 3.05) is 11.9 Å². The van der Waals surface area contributed by atoms with Crippen LogP contribution in [0.2, 0.25) is 0 Å². The standard InChI is InChI=1S/C16H22BrNO2/c1-3-11-4-6-12(7-5-11)18(2)13-8-9-14(16(19)20)15(17)10-13/h8-12H,3-7H2,1-2H3,(H,19,20). The van der Waals surface area contributed by atoms with E-state index in [9.17, 15) is 4.79 Å². The van der Waals surface area contributed by atoms with Gasteiger partial charge in [-0.3, -0.25) is 0 Å². The van der Waals surface area contributed by atoms with Crippen molar-refractivity contribution in [2.24, 2.45) is 5.92 Å². The van der Waals surface area contributed by atoms with E-state index in [0.717, 1.165) is 11.6 Å². The summed E-state index contributed by atoms with van der Waals surface area (Å²) in [4.78, 5) is 13.3. The number of benzene rings is 1. The summed E-state index contributed by atoms with van der Waals surface area (Å²) in [5.41, 5.74) is 1.40. The van der Waals surface area contributed by atoms with Gasteiger partial charge in [0.15, 0.2) is 0 Å². The minimum atomic E-state index is -0.894. The second-order valence-corrected chi connectivity index (χ2v) is 6.52. The Morgan fingerprint density at radius 2 is 2.00 bits per heavy atom. The first-order valence-electron chi connectivity index (χ1n) is 7.28. The van der Waals surface area contributed by atoms with Gasteiger partial charge in [0.1, 0.15) is 0 Å². The first-order valence-corrected chi connectivity index (χ1v) is 8.08. The summed E-state index contributed by atoms with van der Waals surface area (Å²) in [6.45, 7) is 2.27. The Labute approximate surface area is 129 Å². The number of hydrogen-bond acceptors (Lipinski definition) is 2. The minimum absolute atomic E-state index is 0.317. The minimum Gasteiger partial charge on any atom is -0.478 e. The molecule has 2 rings (SSSR count). The van der Waals surface area contributed by atoms with E-state index in [4.69, 9.17) is 5.11 Å². The lowest BCUT2D eigenvalue weighted by atomic mass is 9.84. The second kappa shape index (κ2) is 6.61. The van der Waals surface area contributed by atoms with Crippen LogP contribution in [0.1, 0.15) is 49.4 Å². The van der Waals surface area contributed by atoms with E-state index in [1.165, 1.54) is 32.1 Å². The molecule has 1 saturated carbocycles. The molecule has 110 valence electrons. The van der Waals surface area contributed by atoms with E-state index in [0.29, 0.717) is 16.1 Å². The normalized spacial score (nSPS) is 22.6. The lowest BCUT2D eigenvalue weighted by Crippen LogP contribution is -2.35. The third kappa shape index (κ3) is 3.35. The average Bonchev–Trinajstić information content (AvgIpc) is 2.46. The molecule has 0 spiro atoms. The Morgan fingerprint density at radius 3 is 2.50 bits per heavy atom. The first-order chi connectivity index (χ1) is 9.52. The molecule has 20 heavy (non-hydrogen) atoms. The molecule has 3 nitrogen and oxygen atoms in total. The van der Waals surface area contributed by atoms with Crippen molar-refractivity contribution in [3.05, 3.63) is 28.2 Å². The van der Waals surface area contributed by atoms with Crippen molar-refractivity contribution in [1.82, 2.24) is 0 Å². The van der Waals surface area contributed by atoms with Crippen LogP contribution in [0.4, 0.5) is 5.69 Å². The summed E-state index contributed by atoms with van der Waals surface area (Å²) < 4.78 is 0.650. The molecule has 0 atom stereocenters. The smallest absolute Gasteiger partial charge is 0.336 e. The van der Waals surface area contributed by atoms with E-state index in [2.05, 4.69) is 34.8 Å². The maximum Gasteiger partial charge on any atom is 0.336 e. The highest BCUT2D eigenvalue weighted by atomic mass is 79.9. The lowest BCUT2D eigenvalue weighted by Gasteiger charge is -2.36. The van der Waals surface area contributed by atoms with Gasteiger partial charge in [0, 0.05) is 23.2 Å². The van der Waals surface area contributed by atoms with Crippen LogP contribution in [0.3, 0.4) is 0 Å². The largest absolute Gasteiger partial charge is 0.478 e. The van der Waals surface area contributed by atoms with Crippen molar-refractivity contribution in [3.63, 3.8) is 0 Å². The van der Waals surface area contributed by atoms with E-state index < -0.39 is 5.97 Å². The van der Waals surface area contributed by atoms with Gasteiger partial charge in [-0.1, -0.05) is 13.3 Å². The van der Waals surface area contributed by atoms with E-state index in [1.807, 2.05) is 12.1 Å². The number of hydrogen-bond donors (Lipinski definition) is 1. The second-order valence-electron chi connectivity index (χ2n) is 5.66. The number of halogens is 1. The third-order valence-electron chi connectivity index (χ3n) is 4.53. The zero-order chi connectivity index (χ0) is 14.7. The molecule has 1 N–H and O–H groups in total. The predicted octanol–water partition coefficient (Wildman–Crippen LogP) is 4.55. The number of rotatable bonds is 4. The van der Waals surface area contributed by atoms with Gasteiger partial charge in [-0.05, 0) is 65.7 Å². The molecule has 0 amide bonds. The van der Waals surface area contributed by atoms with Crippen LogP contribution >= 0.6 is 15.9 Å². The highest BCUT2D eigenvalue weighted by molar-refractivity contribution is 9.10. The summed E-state index contributed by atoms with van der Waals surface area (Å²) in [5, 5.41) is 9.06. The van der Waals surface area contributed by atoms with Gasteiger partial charge in [0.05, 0.1) is 5.56 Å². The SMILES string of the molecule is CCC1CCC(N(C)c2ccc(C(=O)O)c(Br)c2)CC1. The molecule has 1 aromatic carbocycles. The predicted molar refractivity (Wildman–Crippen MR) is 85.5 cm³/mol. The van der Waals surface area contributed by atoms with Gasteiger partial charge in [-0.25, -0.2) is 4.79 Å². The summed E-state index contributed by atoms with van der Waals surface area (Å²) in [6.07, 6.45) is 6.36. The molecular weight excluding hydrogens is 318 g/mol. The molecule has 1 aliphatic carbocycles. The zero-order valence-electron chi connectivity index (χ0n) is 12.1. The maximum atomic E-state index is 11.0. The molecule has 1 aliphatic rings. The molecule has 0 unspecified atom stereocenters. The maximum absolute atomic E-state index is 11.0. The van der Waals surface area contributed by atoms with Crippen molar-refractivity contribution in [2.45, 2.75) is 45.1 Å². The highest BCUT2D eigenvalue weighted by Crippen LogP contribution is 2.32. The van der Waals surface area contributed by atoms with Crippen LogP contribution in [0.15, 0.2) is 22.7 Å². The molecule has 0 bridgehead atoms. The van der Waals surface area contributed by atoms with Gasteiger partial charge in [-0.2, -0.15) is 0 Å². The fraction of sp³-hybridized carbons (Fsp3) is 0.562. The molecule has 1 fully saturated rings. The van der Waals surface area contributed by atoms with Crippen LogP contribution < -0.4 is 4.90 Å². The summed E-state index contributed by atoms with van der Waals surface area (Å²) >= 11 is 3.35. The topological polar surface area (TPSA) is 40.5 Å². The summed E-state index contributed by atoms with van der Waals surface area (Å²) in [6, 6.07) is 6.06. The van der Waals surface area contributed by atoms with E-state index in [1.54, 1.807) is 6.07 Å². The van der Waals surface area contributed by atoms with Gasteiger partial charge in [0.2, 0.25) is 0 Å². The van der Waals surface area contributed by atoms with Crippen LogP contribution in [0.25, 0.3) is 0 Å². The lowest BCUT2D eigenvalue weighted by molar-refractivity contribution is 0.0696. The molecule has 0 aromatic heterocycles. The Balaban J connectivity index is 2.08. The van der Waals surface area contributed by atoms with Crippen LogP contribution in [-0.4, -0.2) is 24.2 Å². The van der Waals surface area contributed by atoms with Gasteiger partial charge < -0.3 is 10.0 Å². The van der Waals surface area contributed by atoms with Crippen molar-refractivity contribution >= 4 is 27.6 Å². The van der Waals surface area contributed by atoms with Gasteiger partial charge in [0.25, 0.3) is 0 Å². The average molecular weight is 340 g/mol. The Morgan fingerprint density at radius 1 is 1.35 bits per heavy atom. The van der Waals surface area contributed by atoms with E-state index in [-0.39, 0.29) is 0 Å². The number of carboxylic acid groups (broad SMARTS) is 1. The molecular formula is C16H22BrNO2. The zero-order valence-corrected chi connectivity index (χ0v) is 13.7. The number of aromatic carboxylic acids is 1. The summed E-state index contributed by atoms with van der Waals surface area (Å²) in [5.74, 6) is -0.00435. The molecule has 1 aromatic rings. The molecule has 0 heterocycles. The Kier molecular flexibility index (Phi) is 5.08. The quantitative estimate of drug-likeness (QED) is 0.874. The number of nitrogens with zero attached hydrogens (tertiary/aromatic N) is 1. The van der Waals surface area contributed by atoms with Crippen LogP contribution in [0.5, 0.6) is 0 Å². The third-order valence-corrected chi connectivity index (χ3v) is 5.19. The number of carboxylic acids is 1. The molecule has 0 saturated heterocycles. The molecule has 4 heteroatoms.